The summed E-state index contributed by atoms with van der Waals surface area (Å²) in [5, 5.41) is 12.5. The van der Waals surface area contributed by atoms with Crippen molar-refractivity contribution in [1.82, 2.24) is 5.32 Å². The number of aliphatic hydroxyl groups excluding tert-OH is 1. The van der Waals surface area contributed by atoms with Crippen LogP contribution in [-0.2, 0) is 9.53 Å². The van der Waals surface area contributed by atoms with Gasteiger partial charge in [-0.25, -0.2) is 0 Å². The van der Waals surface area contributed by atoms with Crippen molar-refractivity contribution in [3.8, 4) is 0 Å². The van der Waals surface area contributed by atoms with E-state index in [9.17, 15) is 9.90 Å². The number of carbonyl (C=O) groups excluding carboxylic acids is 1. The Morgan fingerprint density at radius 1 is 1.47 bits per heavy atom. The topological polar surface area (TPSA) is 58.6 Å². The lowest BCUT2D eigenvalue weighted by atomic mass is 9.90. The third-order valence-corrected chi connectivity index (χ3v) is 3.72. The summed E-state index contributed by atoms with van der Waals surface area (Å²) >= 11 is 0. The van der Waals surface area contributed by atoms with Gasteiger partial charge in [-0.1, -0.05) is 12.2 Å². The lowest BCUT2D eigenvalue weighted by molar-refractivity contribution is -0.125. The average molecular weight is 239 g/mol. The van der Waals surface area contributed by atoms with Gasteiger partial charge in [0.2, 0.25) is 5.91 Å². The molecule has 4 nitrogen and oxygen atoms in total. The fraction of sp³-hybridized carbons (Fsp3) is 0.769. The fourth-order valence-corrected chi connectivity index (χ4v) is 2.54. The maximum Gasteiger partial charge on any atom is 0.221 e. The molecule has 1 amide bonds. The summed E-state index contributed by atoms with van der Waals surface area (Å²) in [5.41, 5.74) is -0.447. The third kappa shape index (κ3) is 3.30. The van der Waals surface area contributed by atoms with E-state index in [0.717, 1.165) is 12.8 Å². The van der Waals surface area contributed by atoms with Gasteiger partial charge in [0.25, 0.3) is 0 Å². The summed E-state index contributed by atoms with van der Waals surface area (Å²) in [5.74, 6) is 0.433. The number of hydrogen-bond acceptors (Lipinski definition) is 3. The standard InChI is InChI=1S/C13H21NO3/c15-10-13(5-7-17-8-6-13)14-12(16)9-11-3-1-2-4-11/h1,3,11,15H,2,4-10H2,(H,14,16). The summed E-state index contributed by atoms with van der Waals surface area (Å²) in [6.45, 7) is 1.23. The van der Waals surface area contributed by atoms with Crippen LogP contribution >= 0.6 is 0 Å². The van der Waals surface area contributed by atoms with E-state index in [1.807, 2.05) is 0 Å². The molecule has 2 aliphatic rings. The molecule has 0 aromatic rings. The molecule has 1 fully saturated rings. The molecule has 0 aromatic heterocycles. The zero-order valence-electron chi connectivity index (χ0n) is 10.2. The Kier molecular flexibility index (Phi) is 4.18. The van der Waals surface area contributed by atoms with Crippen molar-refractivity contribution in [2.24, 2.45) is 5.92 Å². The average Bonchev–Trinajstić information content (AvgIpc) is 2.83. The first-order chi connectivity index (χ1) is 8.24. The van der Waals surface area contributed by atoms with Crippen molar-refractivity contribution < 1.29 is 14.6 Å². The van der Waals surface area contributed by atoms with E-state index < -0.39 is 5.54 Å². The number of allylic oxidation sites excluding steroid dienone is 2. The molecule has 0 bridgehead atoms. The molecule has 1 heterocycles. The molecular formula is C13H21NO3. The van der Waals surface area contributed by atoms with Crippen LogP contribution in [0.15, 0.2) is 12.2 Å². The summed E-state index contributed by atoms with van der Waals surface area (Å²) in [6.07, 6.45) is 8.35. The number of amides is 1. The molecule has 0 radical (unpaired) electrons. The maximum absolute atomic E-state index is 11.9. The van der Waals surface area contributed by atoms with Gasteiger partial charge in [0.15, 0.2) is 0 Å². The van der Waals surface area contributed by atoms with E-state index >= 15 is 0 Å². The molecule has 0 spiro atoms. The number of rotatable bonds is 4. The molecule has 1 saturated heterocycles. The van der Waals surface area contributed by atoms with Gasteiger partial charge in [-0.2, -0.15) is 0 Å². The molecule has 1 aliphatic heterocycles. The van der Waals surface area contributed by atoms with Gasteiger partial charge in [0, 0.05) is 19.6 Å². The first kappa shape index (κ1) is 12.6. The van der Waals surface area contributed by atoms with Crippen molar-refractivity contribution >= 4 is 5.91 Å². The fourth-order valence-electron chi connectivity index (χ4n) is 2.54. The third-order valence-electron chi connectivity index (χ3n) is 3.72. The predicted octanol–water partition coefficient (Wildman–Crippen LogP) is 1.00. The molecule has 96 valence electrons. The minimum atomic E-state index is -0.447. The SMILES string of the molecule is O=C(CC1C=CCC1)NC1(CO)CCOCC1. The number of carbonyl (C=O) groups is 1. The van der Waals surface area contributed by atoms with Gasteiger partial charge in [-0.15, -0.1) is 0 Å². The Hall–Kier alpha value is -0.870. The molecule has 1 atom stereocenters. The van der Waals surface area contributed by atoms with Crippen molar-refractivity contribution in [3.05, 3.63) is 12.2 Å². The minimum absolute atomic E-state index is 0.00259. The van der Waals surface area contributed by atoms with Crippen LogP contribution in [0.3, 0.4) is 0 Å². The van der Waals surface area contributed by atoms with E-state index in [-0.39, 0.29) is 12.5 Å². The second kappa shape index (κ2) is 5.65. The van der Waals surface area contributed by atoms with E-state index in [1.54, 1.807) is 0 Å². The predicted molar refractivity (Wildman–Crippen MR) is 64.5 cm³/mol. The van der Waals surface area contributed by atoms with Crippen LogP contribution in [0.25, 0.3) is 0 Å². The van der Waals surface area contributed by atoms with Crippen LogP contribution in [0.4, 0.5) is 0 Å². The molecular weight excluding hydrogens is 218 g/mol. The summed E-state index contributed by atoms with van der Waals surface area (Å²) < 4.78 is 5.27. The Morgan fingerprint density at radius 2 is 2.24 bits per heavy atom. The summed E-state index contributed by atoms with van der Waals surface area (Å²) in [7, 11) is 0. The van der Waals surface area contributed by atoms with Crippen molar-refractivity contribution in [2.45, 2.75) is 37.6 Å². The Morgan fingerprint density at radius 3 is 2.82 bits per heavy atom. The molecule has 17 heavy (non-hydrogen) atoms. The highest BCUT2D eigenvalue weighted by molar-refractivity contribution is 5.77. The van der Waals surface area contributed by atoms with Crippen LogP contribution in [-0.4, -0.2) is 36.4 Å². The Bertz CT molecular complexity index is 295. The maximum atomic E-state index is 11.9. The molecule has 1 aliphatic carbocycles. The number of hydrogen-bond donors (Lipinski definition) is 2. The molecule has 2 N–H and O–H groups in total. The molecule has 2 rings (SSSR count). The van der Waals surface area contributed by atoms with Crippen LogP contribution in [0.5, 0.6) is 0 Å². The normalized spacial score (nSPS) is 27.0. The largest absolute Gasteiger partial charge is 0.394 e. The van der Waals surface area contributed by atoms with Gasteiger partial charge in [0.1, 0.15) is 0 Å². The van der Waals surface area contributed by atoms with E-state index in [0.29, 0.717) is 38.4 Å². The van der Waals surface area contributed by atoms with E-state index in [1.165, 1.54) is 0 Å². The monoisotopic (exact) mass is 239 g/mol. The number of aliphatic hydroxyl groups is 1. The zero-order valence-corrected chi connectivity index (χ0v) is 10.2. The van der Waals surface area contributed by atoms with Crippen molar-refractivity contribution in [2.75, 3.05) is 19.8 Å². The zero-order chi connectivity index (χ0) is 12.1. The summed E-state index contributed by atoms with van der Waals surface area (Å²) in [6, 6.07) is 0. The summed E-state index contributed by atoms with van der Waals surface area (Å²) in [4.78, 5) is 11.9. The van der Waals surface area contributed by atoms with Crippen LogP contribution < -0.4 is 5.32 Å². The van der Waals surface area contributed by atoms with Crippen molar-refractivity contribution in [1.29, 1.82) is 0 Å². The second-order valence-corrected chi connectivity index (χ2v) is 5.07. The molecule has 1 unspecified atom stereocenters. The van der Waals surface area contributed by atoms with Gasteiger partial charge in [-0.3, -0.25) is 4.79 Å². The second-order valence-electron chi connectivity index (χ2n) is 5.07. The number of nitrogens with one attached hydrogen (secondary N) is 1. The van der Waals surface area contributed by atoms with E-state index in [2.05, 4.69) is 17.5 Å². The number of ether oxygens (including phenoxy) is 1. The quantitative estimate of drug-likeness (QED) is 0.720. The highest BCUT2D eigenvalue weighted by Crippen LogP contribution is 2.23. The lowest BCUT2D eigenvalue weighted by Crippen LogP contribution is -2.54. The van der Waals surface area contributed by atoms with Gasteiger partial charge < -0.3 is 15.2 Å². The molecule has 4 heteroatoms. The smallest absolute Gasteiger partial charge is 0.221 e. The minimum Gasteiger partial charge on any atom is -0.394 e. The first-order valence-corrected chi connectivity index (χ1v) is 6.40. The lowest BCUT2D eigenvalue weighted by Gasteiger charge is -2.36. The Labute approximate surface area is 102 Å². The van der Waals surface area contributed by atoms with Crippen LogP contribution in [0.2, 0.25) is 0 Å². The van der Waals surface area contributed by atoms with E-state index in [4.69, 9.17) is 4.74 Å². The van der Waals surface area contributed by atoms with Gasteiger partial charge >= 0.3 is 0 Å². The highest BCUT2D eigenvalue weighted by atomic mass is 16.5. The van der Waals surface area contributed by atoms with Crippen LogP contribution in [0.1, 0.15) is 32.1 Å². The molecule has 0 saturated carbocycles. The van der Waals surface area contributed by atoms with Gasteiger partial charge in [-0.05, 0) is 31.6 Å². The van der Waals surface area contributed by atoms with Gasteiger partial charge in [0.05, 0.1) is 12.1 Å². The first-order valence-electron chi connectivity index (χ1n) is 6.40. The van der Waals surface area contributed by atoms with Crippen LogP contribution in [0, 0.1) is 5.92 Å². The molecule has 0 aromatic carbocycles. The van der Waals surface area contributed by atoms with Crippen molar-refractivity contribution in [3.63, 3.8) is 0 Å². The highest BCUT2D eigenvalue weighted by Gasteiger charge is 2.33. The Balaban J connectivity index is 1.84.